The van der Waals surface area contributed by atoms with Crippen molar-refractivity contribution in [2.45, 2.75) is 38.6 Å². The van der Waals surface area contributed by atoms with Gasteiger partial charge in [0.15, 0.2) is 0 Å². The van der Waals surface area contributed by atoms with E-state index in [-0.39, 0.29) is 36.5 Å². The first-order chi connectivity index (χ1) is 13.5. The minimum Gasteiger partial charge on any atom is -0.278 e. The fourth-order valence-corrected chi connectivity index (χ4v) is 3.61. The molecule has 2 fully saturated rings. The van der Waals surface area contributed by atoms with Crippen LogP contribution in [0, 0.1) is 0 Å². The van der Waals surface area contributed by atoms with Gasteiger partial charge in [-0.3, -0.25) is 29.0 Å². The number of carbonyl (C=O) groups excluding carboxylic acids is 4. The van der Waals surface area contributed by atoms with E-state index in [0.717, 1.165) is 16.7 Å². The van der Waals surface area contributed by atoms with Crippen LogP contribution in [0.1, 0.15) is 42.4 Å². The summed E-state index contributed by atoms with van der Waals surface area (Å²) in [5.74, 6) is -0.514. The average Bonchev–Trinajstić information content (AvgIpc) is 3.19. The molecular formula is C22H20N2O4. The van der Waals surface area contributed by atoms with Crippen LogP contribution in [0.3, 0.4) is 0 Å². The zero-order chi connectivity index (χ0) is 19.7. The molecule has 0 atom stereocenters. The van der Waals surface area contributed by atoms with Gasteiger partial charge in [0, 0.05) is 25.7 Å². The predicted molar refractivity (Wildman–Crippen MR) is 102 cm³/mol. The maximum atomic E-state index is 11.8. The van der Waals surface area contributed by atoms with Crippen molar-refractivity contribution in [3.8, 4) is 0 Å². The summed E-state index contributed by atoms with van der Waals surface area (Å²) in [4.78, 5) is 49.6. The van der Waals surface area contributed by atoms with Gasteiger partial charge < -0.3 is 0 Å². The largest absolute Gasteiger partial charge is 0.278 e. The molecule has 0 saturated carbocycles. The first-order valence-corrected chi connectivity index (χ1v) is 9.37. The van der Waals surface area contributed by atoms with Gasteiger partial charge in [0.2, 0.25) is 23.6 Å². The Morgan fingerprint density at radius 2 is 1.00 bits per heavy atom. The van der Waals surface area contributed by atoms with E-state index in [2.05, 4.69) is 0 Å². The van der Waals surface area contributed by atoms with Crippen LogP contribution in [0.5, 0.6) is 0 Å². The van der Waals surface area contributed by atoms with Gasteiger partial charge in [-0.2, -0.15) is 0 Å². The van der Waals surface area contributed by atoms with Crippen LogP contribution in [-0.4, -0.2) is 28.5 Å². The molecule has 4 rings (SSSR count). The molecule has 0 N–H and O–H groups in total. The normalized spacial score (nSPS) is 17.1. The second-order valence-corrected chi connectivity index (χ2v) is 7.16. The van der Waals surface area contributed by atoms with Gasteiger partial charge in [0.05, 0.1) is 12.2 Å². The number of likely N-dealkylation sites (tertiary alicyclic amines) is 1. The van der Waals surface area contributed by atoms with Crippen LogP contribution < -0.4 is 4.90 Å². The van der Waals surface area contributed by atoms with Crippen LogP contribution in [0.4, 0.5) is 5.69 Å². The maximum absolute atomic E-state index is 11.8. The summed E-state index contributed by atoms with van der Waals surface area (Å²) >= 11 is 0. The van der Waals surface area contributed by atoms with Crippen molar-refractivity contribution in [2.75, 3.05) is 4.90 Å². The van der Waals surface area contributed by atoms with Crippen molar-refractivity contribution in [3.05, 3.63) is 65.2 Å². The van der Waals surface area contributed by atoms with E-state index in [9.17, 15) is 19.2 Å². The highest BCUT2D eigenvalue weighted by atomic mass is 16.2. The number of imide groups is 2. The lowest BCUT2D eigenvalue weighted by Crippen LogP contribution is -2.28. The third-order valence-corrected chi connectivity index (χ3v) is 5.17. The van der Waals surface area contributed by atoms with E-state index >= 15 is 0 Å². The molecular weight excluding hydrogens is 356 g/mol. The smallest absolute Gasteiger partial charge is 0.234 e. The fraction of sp³-hybridized carbons (Fsp3) is 0.273. The predicted octanol–water partition coefficient (Wildman–Crippen LogP) is 2.58. The van der Waals surface area contributed by atoms with Crippen LogP contribution in [0.15, 0.2) is 48.5 Å². The third kappa shape index (κ3) is 3.58. The Morgan fingerprint density at radius 1 is 0.571 bits per heavy atom. The summed E-state index contributed by atoms with van der Waals surface area (Å²) in [5.41, 5.74) is 3.71. The van der Waals surface area contributed by atoms with Gasteiger partial charge in [-0.15, -0.1) is 0 Å². The number of anilines is 1. The van der Waals surface area contributed by atoms with Crippen molar-refractivity contribution in [1.29, 1.82) is 0 Å². The standard InChI is InChI=1S/C22H20N2O4/c25-19-9-10-20(26)23(19)14-17-3-1-15(2-4-17)13-16-5-7-18(8-6-16)24-21(27)11-12-22(24)28/h1-8H,9-14H2. The van der Waals surface area contributed by atoms with Crippen molar-refractivity contribution >= 4 is 29.3 Å². The first kappa shape index (κ1) is 18.1. The topological polar surface area (TPSA) is 74.8 Å². The number of rotatable bonds is 5. The minimum atomic E-state index is -0.150. The Bertz CT molecular complexity index is 916. The van der Waals surface area contributed by atoms with E-state index in [1.165, 1.54) is 9.80 Å². The van der Waals surface area contributed by atoms with Crippen molar-refractivity contribution in [2.24, 2.45) is 0 Å². The highest BCUT2D eigenvalue weighted by Gasteiger charge is 2.30. The number of benzene rings is 2. The molecule has 0 spiro atoms. The van der Waals surface area contributed by atoms with Gasteiger partial charge in [0.25, 0.3) is 0 Å². The molecule has 6 nitrogen and oxygen atoms in total. The molecule has 28 heavy (non-hydrogen) atoms. The summed E-state index contributed by atoms with van der Waals surface area (Å²) in [6, 6.07) is 15.3. The van der Waals surface area contributed by atoms with E-state index in [1.54, 1.807) is 12.1 Å². The zero-order valence-electron chi connectivity index (χ0n) is 15.4. The number of hydrogen-bond donors (Lipinski definition) is 0. The molecule has 0 aliphatic carbocycles. The summed E-state index contributed by atoms with van der Waals surface area (Å²) < 4.78 is 0. The monoisotopic (exact) mass is 376 g/mol. The van der Waals surface area contributed by atoms with Crippen molar-refractivity contribution in [1.82, 2.24) is 4.90 Å². The number of hydrogen-bond acceptors (Lipinski definition) is 4. The number of carbonyl (C=O) groups is 4. The molecule has 0 bridgehead atoms. The molecule has 2 heterocycles. The van der Waals surface area contributed by atoms with E-state index in [1.807, 2.05) is 36.4 Å². The Labute approximate surface area is 162 Å². The molecule has 0 radical (unpaired) electrons. The zero-order valence-corrected chi connectivity index (χ0v) is 15.4. The van der Waals surface area contributed by atoms with Crippen LogP contribution in [0.2, 0.25) is 0 Å². The maximum Gasteiger partial charge on any atom is 0.234 e. The van der Waals surface area contributed by atoms with Crippen LogP contribution in [-0.2, 0) is 32.1 Å². The quantitative estimate of drug-likeness (QED) is 0.752. The Balaban J connectivity index is 1.40. The SMILES string of the molecule is O=C1CCC(=O)N1Cc1ccc(Cc2ccc(N3C(=O)CCC3=O)cc2)cc1. The number of amides is 4. The Morgan fingerprint density at radius 3 is 1.54 bits per heavy atom. The van der Waals surface area contributed by atoms with Gasteiger partial charge in [-0.1, -0.05) is 36.4 Å². The molecule has 2 aromatic carbocycles. The molecule has 4 amide bonds. The summed E-state index contributed by atoms with van der Waals surface area (Å²) in [5, 5.41) is 0. The fourth-order valence-electron chi connectivity index (χ4n) is 3.61. The molecule has 0 unspecified atom stereocenters. The van der Waals surface area contributed by atoms with Gasteiger partial charge in [0.1, 0.15) is 0 Å². The molecule has 2 aliphatic heterocycles. The van der Waals surface area contributed by atoms with Crippen molar-refractivity contribution < 1.29 is 19.2 Å². The average molecular weight is 376 g/mol. The summed E-state index contributed by atoms with van der Waals surface area (Å²) in [6.45, 7) is 0.324. The highest BCUT2D eigenvalue weighted by molar-refractivity contribution is 6.19. The lowest BCUT2D eigenvalue weighted by atomic mass is 10.0. The molecule has 6 heteroatoms. The van der Waals surface area contributed by atoms with E-state index < -0.39 is 0 Å². The summed E-state index contributed by atoms with van der Waals surface area (Å²) in [6.07, 6.45) is 1.89. The van der Waals surface area contributed by atoms with Gasteiger partial charge in [-0.05, 0) is 35.2 Å². The molecule has 2 aromatic rings. The molecule has 2 saturated heterocycles. The van der Waals surface area contributed by atoms with E-state index in [4.69, 9.17) is 0 Å². The molecule has 142 valence electrons. The second kappa shape index (κ2) is 7.38. The lowest BCUT2D eigenvalue weighted by molar-refractivity contribution is -0.139. The minimum absolute atomic E-state index is 0.107. The summed E-state index contributed by atoms with van der Waals surface area (Å²) in [7, 11) is 0. The first-order valence-electron chi connectivity index (χ1n) is 9.37. The Hall–Kier alpha value is -3.28. The van der Waals surface area contributed by atoms with Gasteiger partial charge >= 0.3 is 0 Å². The second-order valence-electron chi connectivity index (χ2n) is 7.16. The third-order valence-electron chi connectivity index (χ3n) is 5.17. The van der Waals surface area contributed by atoms with Crippen LogP contribution >= 0.6 is 0 Å². The molecule has 0 aromatic heterocycles. The lowest BCUT2D eigenvalue weighted by Gasteiger charge is -2.15. The number of nitrogens with zero attached hydrogens (tertiary/aromatic N) is 2. The van der Waals surface area contributed by atoms with Crippen molar-refractivity contribution in [3.63, 3.8) is 0 Å². The highest BCUT2D eigenvalue weighted by Crippen LogP contribution is 2.24. The van der Waals surface area contributed by atoms with Gasteiger partial charge in [-0.25, -0.2) is 0 Å². The van der Waals surface area contributed by atoms with E-state index in [0.29, 0.717) is 31.5 Å². The Kier molecular flexibility index (Phi) is 4.77. The van der Waals surface area contributed by atoms with Crippen LogP contribution in [0.25, 0.3) is 0 Å². The molecule has 2 aliphatic rings.